The molecule has 0 spiro atoms. The predicted octanol–water partition coefficient (Wildman–Crippen LogP) is 2.29. The summed E-state index contributed by atoms with van der Waals surface area (Å²) in [6.07, 6.45) is 2.17. The molecule has 0 saturated carbocycles. The van der Waals surface area contributed by atoms with Crippen LogP contribution in [0.5, 0.6) is 0 Å². The Bertz CT molecular complexity index is 480. The Morgan fingerprint density at radius 2 is 2.00 bits per heavy atom. The largest absolute Gasteiger partial charge is 0.317 e. The molecule has 0 aliphatic rings. The van der Waals surface area contributed by atoms with Gasteiger partial charge in [-0.3, -0.25) is 0 Å². The van der Waals surface area contributed by atoms with Crippen LogP contribution in [0.15, 0.2) is 30.3 Å². The first-order valence-corrected chi connectivity index (χ1v) is 6.87. The second-order valence-corrected chi connectivity index (χ2v) is 4.69. The maximum atomic E-state index is 4.45. The number of nitrogens with one attached hydrogen (secondary N) is 1. The zero-order chi connectivity index (χ0) is 13.5. The number of tetrazole rings is 1. The third-order valence-corrected chi connectivity index (χ3v) is 3.02. The lowest BCUT2D eigenvalue weighted by Gasteiger charge is -2.09. The number of aromatic nitrogens is 4. The van der Waals surface area contributed by atoms with Crippen molar-refractivity contribution in [2.75, 3.05) is 13.1 Å². The van der Waals surface area contributed by atoms with E-state index in [1.807, 2.05) is 30.3 Å². The molecule has 102 valence electrons. The lowest BCUT2D eigenvalue weighted by Crippen LogP contribution is -2.20. The number of benzene rings is 1. The van der Waals surface area contributed by atoms with Gasteiger partial charge in [-0.1, -0.05) is 37.3 Å². The summed E-state index contributed by atoms with van der Waals surface area (Å²) in [5.74, 6) is 0.689. The van der Waals surface area contributed by atoms with Gasteiger partial charge in [0.15, 0.2) is 0 Å². The molecule has 1 atom stereocenters. The first kappa shape index (κ1) is 13.7. The molecule has 0 aliphatic carbocycles. The molecule has 0 saturated heterocycles. The summed E-state index contributed by atoms with van der Waals surface area (Å²) in [5, 5.41) is 16.1. The molecule has 0 radical (unpaired) electrons. The summed E-state index contributed by atoms with van der Waals surface area (Å²) in [6.45, 7) is 6.33. The smallest absolute Gasteiger partial charge is 0.204 e. The molecular formula is C14H21N5. The van der Waals surface area contributed by atoms with Crippen LogP contribution in [-0.4, -0.2) is 33.3 Å². The zero-order valence-corrected chi connectivity index (χ0v) is 11.6. The van der Waals surface area contributed by atoms with Gasteiger partial charge in [0.05, 0.1) is 6.04 Å². The summed E-state index contributed by atoms with van der Waals surface area (Å²) >= 11 is 0. The molecule has 2 rings (SSSR count). The molecular weight excluding hydrogens is 238 g/mol. The van der Waals surface area contributed by atoms with Crippen LogP contribution in [0.25, 0.3) is 11.4 Å². The van der Waals surface area contributed by atoms with Gasteiger partial charge >= 0.3 is 0 Å². The second kappa shape index (κ2) is 6.99. The third kappa shape index (κ3) is 3.86. The Morgan fingerprint density at radius 3 is 2.74 bits per heavy atom. The molecule has 2 aromatic rings. The Morgan fingerprint density at radius 1 is 1.21 bits per heavy atom. The molecule has 1 aromatic heterocycles. The van der Waals surface area contributed by atoms with Gasteiger partial charge in [0, 0.05) is 5.56 Å². The van der Waals surface area contributed by atoms with E-state index in [0.29, 0.717) is 5.82 Å². The van der Waals surface area contributed by atoms with Gasteiger partial charge in [-0.25, -0.2) is 0 Å². The number of hydrogen-bond donors (Lipinski definition) is 1. The van der Waals surface area contributed by atoms with Crippen molar-refractivity contribution in [3.05, 3.63) is 30.3 Å². The Hall–Kier alpha value is -1.75. The molecule has 1 unspecified atom stereocenters. The van der Waals surface area contributed by atoms with E-state index in [-0.39, 0.29) is 6.04 Å². The van der Waals surface area contributed by atoms with Crippen LogP contribution in [0.4, 0.5) is 0 Å². The highest BCUT2D eigenvalue weighted by molar-refractivity contribution is 5.52. The van der Waals surface area contributed by atoms with Gasteiger partial charge < -0.3 is 5.32 Å². The van der Waals surface area contributed by atoms with Gasteiger partial charge in [-0.15, -0.1) is 10.2 Å². The third-order valence-electron chi connectivity index (χ3n) is 3.02. The van der Waals surface area contributed by atoms with E-state index in [0.717, 1.165) is 31.5 Å². The minimum Gasteiger partial charge on any atom is -0.317 e. The number of nitrogens with zero attached hydrogens (tertiary/aromatic N) is 4. The van der Waals surface area contributed by atoms with Crippen molar-refractivity contribution in [3.8, 4) is 11.4 Å². The van der Waals surface area contributed by atoms with E-state index < -0.39 is 0 Å². The Kier molecular flexibility index (Phi) is 5.03. The standard InChI is InChI=1S/C14H21N5/c1-3-10-15-11-9-12(2)19-17-14(16-18-19)13-7-5-4-6-8-13/h4-8,12,15H,3,9-11H2,1-2H3. The fraction of sp³-hybridized carbons (Fsp3) is 0.500. The molecule has 1 heterocycles. The highest BCUT2D eigenvalue weighted by Gasteiger charge is 2.10. The number of hydrogen-bond acceptors (Lipinski definition) is 4. The molecule has 0 bridgehead atoms. The highest BCUT2D eigenvalue weighted by Crippen LogP contribution is 2.14. The monoisotopic (exact) mass is 259 g/mol. The molecule has 1 aromatic carbocycles. The van der Waals surface area contributed by atoms with Crippen molar-refractivity contribution in [1.29, 1.82) is 0 Å². The SMILES string of the molecule is CCCNCCC(C)n1nnc(-c2ccccc2)n1. The average molecular weight is 259 g/mol. The molecule has 19 heavy (non-hydrogen) atoms. The minimum absolute atomic E-state index is 0.259. The molecule has 0 aliphatic heterocycles. The second-order valence-electron chi connectivity index (χ2n) is 4.69. The number of rotatable bonds is 7. The average Bonchev–Trinajstić information content (AvgIpc) is 2.94. The Balaban J connectivity index is 1.93. The van der Waals surface area contributed by atoms with Crippen molar-refractivity contribution in [2.24, 2.45) is 0 Å². The van der Waals surface area contributed by atoms with E-state index in [9.17, 15) is 0 Å². The first-order valence-electron chi connectivity index (χ1n) is 6.87. The van der Waals surface area contributed by atoms with Crippen molar-refractivity contribution in [3.63, 3.8) is 0 Å². The molecule has 5 nitrogen and oxygen atoms in total. The fourth-order valence-corrected chi connectivity index (χ4v) is 1.84. The summed E-state index contributed by atoms with van der Waals surface area (Å²) in [6, 6.07) is 10.2. The van der Waals surface area contributed by atoms with Crippen molar-refractivity contribution in [1.82, 2.24) is 25.5 Å². The fourth-order valence-electron chi connectivity index (χ4n) is 1.84. The van der Waals surface area contributed by atoms with Crippen LogP contribution in [0.3, 0.4) is 0 Å². The van der Waals surface area contributed by atoms with Crippen LogP contribution in [0.2, 0.25) is 0 Å². The predicted molar refractivity (Wildman–Crippen MR) is 75.7 cm³/mol. The molecule has 5 heteroatoms. The van der Waals surface area contributed by atoms with Crippen molar-refractivity contribution in [2.45, 2.75) is 32.7 Å². The molecule has 0 amide bonds. The van der Waals surface area contributed by atoms with Crippen LogP contribution < -0.4 is 5.32 Å². The van der Waals surface area contributed by atoms with Gasteiger partial charge in [-0.2, -0.15) is 4.80 Å². The minimum atomic E-state index is 0.259. The van der Waals surface area contributed by atoms with Crippen molar-refractivity contribution >= 4 is 0 Å². The Labute approximate surface area is 114 Å². The van der Waals surface area contributed by atoms with E-state index >= 15 is 0 Å². The summed E-state index contributed by atoms with van der Waals surface area (Å²) in [7, 11) is 0. The summed E-state index contributed by atoms with van der Waals surface area (Å²) in [4.78, 5) is 1.70. The van der Waals surface area contributed by atoms with Crippen LogP contribution in [-0.2, 0) is 0 Å². The van der Waals surface area contributed by atoms with E-state index in [2.05, 4.69) is 34.6 Å². The molecule has 1 N–H and O–H groups in total. The van der Waals surface area contributed by atoms with Crippen molar-refractivity contribution < 1.29 is 0 Å². The lowest BCUT2D eigenvalue weighted by atomic mass is 10.2. The zero-order valence-electron chi connectivity index (χ0n) is 11.6. The maximum Gasteiger partial charge on any atom is 0.204 e. The van der Waals surface area contributed by atoms with Gasteiger partial charge in [0.25, 0.3) is 0 Å². The topological polar surface area (TPSA) is 55.6 Å². The summed E-state index contributed by atoms with van der Waals surface area (Å²) < 4.78 is 0. The van der Waals surface area contributed by atoms with Gasteiger partial charge in [0.2, 0.25) is 5.82 Å². The first-order chi connectivity index (χ1) is 9.31. The van der Waals surface area contributed by atoms with Gasteiger partial charge in [0.1, 0.15) is 0 Å². The van der Waals surface area contributed by atoms with Crippen LogP contribution in [0, 0.1) is 0 Å². The van der Waals surface area contributed by atoms with E-state index in [1.54, 1.807) is 4.80 Å². The van der Waals surface area contributed by atoms with Gasteiger partial charge in [-0.05, 0) is 38.1 Å². The maximum absolute atomic E-state index is 4.45. The van der Waals surface area contributed by atoms with E-state index in [4.69, 9.17) is 0 Å². The lowest BCUT2D eigenvalue weighted by molar-refractivity contribution is 0.393. The van der Waals surface area contributed by atoms with Crippen LogP contribution >= 0.6 is 0 Å². The highest BCUT2D eigenvalue weighted by atomic mass is 15.6. The summed E-state index contributed by atoms with van der Waals surface area (Å²) in [5.41, 5.74) is 1.00. The van der Waals surface area contributed by atoms with E-state index in [1.165, 1.54) is 0 Å². The molecule has 0 fully saturated rings. The normalized spacial score (nSPS) is 12.5. The van der Waals surface area contributed by atoms with Crippen LogP contribution in [0.1, 0.15) is 32.7 Å². The quantitative estimate of drug-likeness (QED) is 0.775.